The van der Waals surface area contributed by atoms with Gasteiger partial charge in [0.15, 0.2) is 11.6 Å². The topological polar surface area (TPSA) is 64.7 Å². The van der Waals surface area contributed by atoms with Gasteiger partial charge in [0.2, 0.25) is 0 Å². The Kier molecular flexibility index (Phi) is 7.39. The molecule has 1 N–H and O–H groups in total. The van der Waals surface area contributed by atoms with Crippen LogP contribution in [0, 0.1) is 39.9 Å². The molecule has 6 nitrogen and oxygen atoms in total. The Morgan fingerprint density at radius 1 is 0.654 bits per heavy atom. The van der Waals surface area contributed by atoms with Gasteiger partial charge in [-0.2, -0.15) is 0 Å². The fourth-order valence-corrected chi connectivity index (χ4v) is 10.2. The van der Waals surface area contributed by atoms with Crippen LogP contribution in [-0.2, 0) is 17.4 Å². The van der Waals surface area contributed by atoms with Crippen molar-refractivity contribution >= 4 is 0 Å². The Morgan fingerprint density at radius 2 is 1.17 bits per heavy atom. The zero-order valence-electron chi connectivity index (χ0n) is 30.0. The lowest BCUT2D eigenvalue weighted by atomic mass is 9.70. The van der Waals surface area contributed by atoms with Crippen LogP contribution in [0.1, 0.15) is 107 Å². The summed E-state index contributed by atoms with van der Waals surface area (Å²) in [5.74, 6) is -2.92. The Bertz CT molecular complexity index is 2400. The molecule has 0 saturated heterocycles. The Labute approximate surface area is 297 Å². The van der Waals surface area contributed by atoms with Gasteiger partial charge in [-0.05, 0) is 90.3 Å². The molecule has 11 heteroatoms. The molecule has 0 unspecified atom stereocenters. The molecule has 4 atom stereocenters. The van der Waals surface area contributed by atoms with Crippen LogP contribution in [0.15, 0.2) is 70.3 Å². The van der Waals surface area contributed by atoms with E-state index < -0.39 is 23.3 Å². The lowest BCUT2D eigenvalue weighted by Gasteiger charge is -2.36. The van der Waals surface area contributed by atoms with Gasteiger partial charge in [0, 0.05) is 39.8 Å². The average Bonchev–Trinajstić information content (AvgIpc) is 3.79. The fourth-order valence-electron chi connectivity index (χ4n) is 10.2. The number of benzene rings is 3. The van der Waals surface area contributed by atoms with Crippen LogP contribution in [0.2, 0.25) is 0 Å². The number of hydrogen-bond acceptors (Lipinski definition) is 2. The standard InChI is InChI=1S/C24H23F3N2O.C17H18F2N2O/c1-23(2)17-10-11-24(23,3)21-20(17)22(30)29(19-9-8-16(26)12-18(19)27)28(21)13-14-4-6-15(25)7-5-14;1-16(2)10-6-7-17(16,3)14-13(10)15(22)21(20-14)12-5-4-9(18)8-11(12)19/h4-9,12,17H,10-11,13H2,1-3H3;4-5,8,10,20H,6-7H2,1-3H3/t17-,24+;10-,17+/m00/s1. The summed E-state index contributed by atoms with van der Waals surface area (Å²) in [5.41, 5.74) is 3.37. The third-order valence-corrected chi connectivity index (χ3v) is 13.9. The zero-order chi connectivity index (χ0) is 37.3. The zero-order valence-corrected chi connectivity index (χ0v) is 30.0. The van der Waals surface area contributed by atoms with E-state index in [9.17, 15) is 31.5 Å². The van der Waals surface area contributed by atoms with Crippen molar-refractivity contribution in [3.8, 4) is 11.4 Å². The summed E-state index contributed by atoms with van der Waals surface area (Å²) >= 11 is 0. The number of fused-ring (bicyclic) bond motifs is 10. The second-order valence-electron chi connectivity index (χ2n) is 16.6. The van der Waals surface area contributed by atoms with Crippen LogP contribution < -0.4 is 11.1 Å². The van der Waals surface area contributed by atoms with E-state index in [1.807, 2.05) is 4.68 Å². The summed E-state index contributed by atoms with van der Waals surface area (Å²) in [6.07, 6.45) is 3.85. The molecule has 0 radical (unpaired) electrons. The summed E-state index contributed by atoms with van der Waals surface area (Å²) in [6, 6.07) is 12.6. The van der Waals surface area contributed by atoms with Crippen molar-refractivity contribution in [3.05, 3.63) is 139 Å². The highest BCUT2D eigenvalue weighted by molar-refractivity contribution is 5.49. The van der Waals surface area contributed by atoms with E-state index in [2.05, 4.69) is 46.6 Å². The van der Waals surface area contributed by atoms with Crippen LogP contribution in [-0.4, -0.2) is 19.1 Å². The summed E-state index contributed by atoms with van der Waals surface area (Å²) in [4.78, 5) is 26.4. The SMILES string of the molecule is CC1(C)[C@H]2CC[C@]1(C)c1[nH]n(-c3ccc(F)cc3F)c(=O)c12.CC1(C)[C@H]2CC[C@]1(C)c1c2c(=O)n(-c2ccc(F)cc2F)n1Cc1ccc(F)cc1. The number of H-pyrrole nitrogens is 1. The van der Waals surface area contributed by atoms with Gasteiger partial charge in [0.25, 0.3) is 11.1 Å². The maximum Gasteiger partial charge on any atom is 0.275 e. The van der Waals surface area contributed by atoms with Gasteiger partial charge in [0.1, 0.15) is 28.8 Å². The molecule has 2 heterocycles. The number of aromatic nitrogens is 4. The molecule has 52 heavy (non-hydrogen) atoms. The molecule has 9 rings (SSSR count). The maximum absolute atomic E-state index is 14.7. The normalized spacial score (nSPS) is 25.6. The quantitative estimate of drug-likeness (QED) is 0.189. The molecular weight excluding hydrogens is 675 g/mol. The number of rotatable bonds is 4. The first-order valence-corrected chi connectivity index (χ1v) is 17.8. The predicted molar refractivity (Wildman–Crippen MR) is 188 cm³/mol. The number of nitrogens with zero attached hydrogens (tertiary/aromatic N) is 3. The fraction of sp³-hybridized carbons (Fsp3) is 0.415. The molecule has 4 aliphatic rings. The van der Waals surface area contributed by atoms with Gasteiger partial charge >= 0.3 is 0 Å². The lowest BCUT2D eigenvalue weighted by molar-refractivity contribution is 0.216. The second kappa shape index (κ2) is 11.2. The molecule has 2 aromatic heterocycles. The molecule has 4 aliphatic carbocycles. The van der Waals surface area contributed by atoms with E-state index in [1.54, 1.807) is 12.1 Å². The minimum Gasteiger partial charge on any atom is -0.294 e. The molecule has 2 saturated carbocycles. The average molecular weight is 717 g/mol. The van der Waals surface area contributed by atoms with Crippen LogP contribution in [0.5, 0.6) is 0 Å². The molecule has 0 spiro atoms. The largest absolute Gasteiger partial charge is 0.294 e. The first-order chi connectivity index (χ1) is 24.4. The van der Waals surface area contributed by atoms with E-state index in [0.29, 0.717) is 6.54 Å². The molecular formula is C41H41F5N4O2. The predicted octanol–water partition coefficient (Wildman–Crippen LogP) is 8.90. The smallest absolute Gasteiger partial charge is 0.275 e. The van der Waals surface area contributed by atoms with E-state index in [0.717, 1.165) is 78.0 Å². The summed E-state index contributed by atoms with van der Waals surface area (Å²) < 4.78 is 73.2. The minimum absolute atomic E-state index is 0.0216. The number of hydrogen-bond donors (Lipinski definition) is 1. The van der Waals surface area contributed by atoms with Crippen molar-refractivity contribution < 1.29 is 22.0 Å². The number of nitrogens with one attached hydrogen (secondary N) is 1. The van der Waals surface area contributed by atoms with Crippen molar-refractivity contribution in [1.82, 2.24) is 19.1 Å². The highest BCUT2D eigenvalue weighted by Gasteiger charge is 2.63. The number of halogens is 5. The van der Waals surface area contributed by atoms with E-state index in [-0.39, 0.29) is 61.8 Å². The van der Waals surface area contributed by atoms with Gasteiger partial charge in [-0.3, -0.25) is 19.4 Å². The van der Waals surface area contributed by atoms with E-state index in [1.165, 1.54) is 33.6 Å². The van der Waals surface area contributed by atoms with Crippen molar-refractivity contribution in [2.24, 2.45) is 10.8 Å². The molecule has 272 valence electrons. The Hall–Kier alpha value is -4.67. The number of aromatic amines is 1. The third kappa shape index (κ3) is 4.46. The summed E-state index contributed by atoms with van der Waals surface area (Å²) in [6.45, 7) is 13.4. The molecule has 2 fully saturated rings. The van der Waals surface area contributed by atoms with Crippen LogP contribution in [0.4, 0.5) is 22.0 Å². The van der Waals surface area contributed by atoms with Crippen molar-refractivity contribution in [1.29, 1.82) is 0 Å². The van der Waals surface area contributed by atoms with Gasteiger partial charge in [-0.15, -0.1) is 0 Å². The molecule has 4 bridgehead atoms. The lowest BCUT2D eigenvalue weighted by Crippen LogP contribution is -2.36. The van der Waals surface area contributed by atoms with Crippen LogP contribution in [0.3, 0.4) is 0 Å². The molecule has 0 amide bonds. The van der Waals surface area contributed by atoms with Crippen LogP contribution in [0.25, 0.3) is 11.4 Å². The second-order valence-corrected chi connectivity index (χ2v) is 16.6. The van der Waals surface area contributed by atoms with Gasteiger partial charge in [-0.25, -0.2) is 31.3 Å². The monoisotopic (exact) mass is 716 g/mol. The van der Waals surface area contributed by atoms with Crippen molar-refractivity contribution in [2.45, 2.75) is 96.4 Å². The molecule has 0 aliphatic heterocycles. The summed E-state index contributed by atoms with van der Waals surface area (Å²) in [5, 5.41) is 3.11. The Morgan fingerprint density at radius 3 is 1.75 bits per heavy atom. The molecule has 5 aromatic rings. The Balaban J connectivity index is 0.000000156. The first kappa shape index (κ1) is 34.4. The van der Waals surface area contributed by atoms with Crippen molar-refractivity contribution in [3.63, 3.8) is 0 Å². The highest BCUT2D eigenvalue weighted by atomic mass is 19.1. The van der Waals surface area contributed by atoms with E-state index in [4.69, 9.17) is 0 Å². The summed E-state index contributed by atoms with van der Waals surface area (Å²) in [7, 11) is 0. The maximum atomic E-state index is 14.7. The minimum atomic E-state index is -0.787. The van der Waals surface area contributed by atoms with Gasteiger partial charge in [-0.1, -0.05) is 53.7 Å². The molecule has 3 aromatic carbocycles. The van der Waals surface area contributed by atoms with Gasteiger partial charge in [0.05, 0.1) is 12.2 Å². The highest BCUT2D eigenvalue weighted by Crippen LogP contribution is 2.68. The first-order valence-electron chi connectivity index (χ1n) is 17.8. The van der Waals surface area contributed by atoms with E-state index >= 15 is 0 Å². The third-order valence-electron chi connectivity index (χ3n) is 13.9. The van der Waals surface area contributed by atoms with Crippen LogP contribution >= 0.6 is 0 Å². The van der Waals surface area contributed by atoms with Gasteiger partial charge < -0.3 is 0 Å². The van der Waals surface area contributed by atoms with Crippen molar-refractivity contribution in [2.75, 3.05) is 0 Å².